The molecule has 5 heteroatoms. The molecule has 0 aliphatic carbocycles. The third kappa shape index (κ3) is 3.62. The number of anilines is 1. The fourth-order valence-electron chi connectivity index (χ4n) is 2.12. The molecule has 0 amide bonds. The van der Waals surface area contributed by atoms with E-state index < -0.39 is 15.6 Å². The van der Waals surface area contributed by atoms with Gasteiger partial charge in [0.25, 0.3) is 0 Å². The second-order valence-corrected chi connectivity index (χ2v) is 7.59. The molecule has 0 heterocycles. The first kappa shape index (κ1) is 15.5. The Kier molecular flexibility index (Phi) is 4.07. The minimum Gasteiger partial charge on any atom is -0.398 e. The largest absolute Gasteiger partial charge is 0.398 e. The molecule has 3 N–H and O–H groups in total. The van der Waals surface area contributed by atoms with Gasteiger partial charge in [0, 0.05) is 22.4 Å². The van der Waals surface area contributed by atoms with Crippen molar-refractivity contribution < 1.29 is 8.42 Å². The van der Waals surface area contributed by atoms with Crippen LogP contribution in [0.4, 0.5) is 5.69 Å². The van der Waals surface area contributed by atoms with Crippen molar-refractivity contribution in [2.75, 3.05) is 5.73 Å². The maximum Gasteiger partial charge on any atom is 0.241 e. The van der Waals surface area contributed by atoms with E-state index >= 15 is 0 Å². The molecule has 0 aliphatic heterocycles. The molecule has 2 aromatic carbocycles. The molecule has 0 saturated carbocycles. The van der Waals surface area contributed by atoms with Gasteiger partial charge in [0.2, 0.25) is 10.0 Å². The number of para-hydroxylation sites is 1. The molecule has 0 saturated heterocycles. The summed E-state index contributed by atoms with van der Waals surface area (Å²) in [5.41, 5.74) is 7.30. The lowest BCUT2D eigenvalue weighted by Crippen LogP contribution is -2.40. The van der Waals surface area contributed by atoms with E-state index in [2.05, 4.69) is 4.72 Å². The molecule has 0 radical (unpaired) electrons. The van der Waals surface area contributed by atoms with Gasteiger partial charge in [-0.1, -0.05) is 36.4 Å². The number of nitrogens with two attached hydrogens (primary N) is 1. The Balaban J connectivity index is 2.60. The molecule has 4 nitrogen and oxygen atoms in total. The summed E-state index contributed by atoms with van der Waals surface area (Å²) >= 11 is 0. The molecule has 112 valence electrons. The summed E-state index contributed by atoms with van der Waals surface area (Å²) in [5.74, 6) is 0. The van der Waals surface area contributed by atoms with Crippen molar-refractivity contribution >= 4 is 15.7 Å². The first-order valence-corrected chi connectivity index (χ1v) is 8.17. The fourth-order valence-corrected chi connectivity index (χ4v) is 3.77. The van der Waals surface area contributed by atoms with Crippen LogP contribution in [0.5, 0.6) is 0 Å². The second-order valence-electron chi connectivity index (χ2n) is 5.94. The molecular formula is C16H20N2O2S. The van der Waals surface area contributed by atoms with Gasteiger partial charge < -0.3 is 5.73 Å². The number of sulfonamides is 1. The lowest BCUT2D eigenvalue weighted by molar-refractivity contribution is 0.491. The SMILES string of the molecule is CC(C)(C)NS(=O)(=O)c1ccccc1-c1ccccc1N. The molecule has 0 spiro atoms. The van der Waals surface area contributed by atoms with Gasteiger partial charge in [-0.2, -0.15) is 0 Å². The van der Waals surface area contributed by atoms with E-state index in [1.165, 1.54) is 0 Å². The van der Waals surface area contributed by atoms with Crippen LogP contribution in [0.2, 0.25) is 0 Å². The van der Waals surface area contributed by atoms with Gasteiger partial charge in [0.1, 0.15) is 0 Å². The van der Waals surface area contributed by atoms with Crippen molar-refractivity contribution in [3.63, 3.8) is 0 Å². The summed E-state index contributed by atoms with van der Waals surface area (Å²) < 4.78 is 27.9. The standard InChI is InChI=1S/C16H20N2O2S/c1-16(2,3)18-21(19,20)15-11-7-5-9-13(15)12-8-4-6-10-14(12)17/h4-11,18H,17H2,1-3H3. The molecule has 0 aromatic heterocycles. The van der Waals surface area contributed by atoms with Crippen LogP contribution in [0.15, 0.2) is 53.4 Å². The minimum atomic E-state index is -3.62. The van der Waals surface area contributed by atoms with Crippen molar-refractivity contribution in [1.29, 1.82) is 0 Å². The lowest BCUT2D eigenvalue weighted by Gasteiger charge is -2.21. The normalized spacial score (nSPS) is 12.3. The highest BCUT2D eigenvalue weighted by atomic mass is 32.2. The molecule has 0 atom stereocenters. The number of rotatable bonds is 3. The van der Waals surface area contributed by atoms with Gasteiger partial charge in [-0.15, -0.1) is 0 Å². The van der Waals surface area contributed by atoms with Gasteiger partial charge in [-0.25, -0.2) is 13.1 Å². The van der Waals surface area contributed by atoms with Crippen LogP contribution in [0.3, 0.4) is 0 Å². The first-order chi connectivity index (χ1) is 9.71. The zero-order chi connectivity index (χ0) is 15.7. The molecular weight excluding hydrogens is 284 g/mol. The quantitative estimate of drug-likeness (QED) is 0.856. The second kappa shape index (κ2) is 5.50. The number of nitrogen functional groups attached to an aromatic ring is 1. The molecule has 0 unspecified atom stereocenters. The van der Waals surface area contributed by atoms with Crippen LogP contribution >= 0.6 is 0 Å². The van der Waals surface area contributed by atoms with Crippen molar-refractivity contribution in [3.05, 3.63) is 48.5 Å². The Morgan fingerprint density at radius 1 is 0.905 bits per heavy atom. The van der Waals surface area contributed by atoms with Gasteiger partial charge in [0.15, 0.2) is 0 Å². The van der Waals surface area contributed by atoms with Gasteiger partial charge in [-0.05, 0) is 32.9 Å². The van der Waals surface area contributed by atoms with E-state index in [0.29, 0.717) is 16.8 Å². The van der Waals surface area contributed by atoms with E-state index in [0.717, 1.165) is 0 Å². The van der Waals surface area contributed by atoms with Crippen LogP contribution in [0.1, 0.15) is 20.8 Å². The molecule has 0 fully saturated rings. The van der Waals surface area contributed by atoms with Crippen LogP contribution in [-0.2, 0) is 10.0 Å². The maximum absolute atomic E-state index is 12.6. The van der Waals surface area contributed by atoms with Crippen molar-refractivity contribution in [2.45, 2.75) is 31.2 Å². The number of hydrogen-bond acceptors (Lipinski definition) is 3. The Bertz CT molecular complexity index is 747. The highest BCUT2D eigenvalue weighted by Crippen LogP contribution is 2.31. The molecule has 2 rings (SSSR count). The Hall–Kier alpha value is -1.85. The van der Waals surface area contributed by atoms with Gasteiger partial charge in [-0.3, -0.25) is 0 Å². The van der Waals surface area contributed by atoms with Gasteiger partial charge >= 0.3 is 0 Å². The van der Waals surface area contributed by atoms with Gasteiger partial charge in [0.05, 0.1) is 4.90 Å². The summed E-state index contributed by atoms with van der Waals surface area (Å²) in [5, 5.41) is 0. The molecule has 0 bridgehead atoms. The highest BCUT2D eigenvalue weighted by molar-refractivity contribution is 7.89. The topological polar surface area (TPSA) is 72.2 Å². The van der Waals surface area contributed by atoms with E-state index in [1.54, 1.807) is 30.3 Å². The molecule has 2 aromatic rings. The number of benzene rings is 2. The average molecular weight is 304 g/mol. The Morgan fingerprint density at radius 3 is 2.00 bits per heavy atom. The summed E-state index contributed by atoms with van der Waals surface area (Å²) in [7, 11) is -3.62. The maximum atomic E-state index is 12.6. The van der Waals surface area contributed by atoms with Crippen LogP contribution < -0.4 is 10.5 Å². The predicted octanol–water partition coefficient (Wildman–Crippen LogP) is 3.01. The van der Waals surface area contributed by atoms with Crippen molar-refractivity contribution in [3.8, 4) is 11.1 Å². The van der Waals surface area contributed by atoms with Crippen LogP contribution in [-0.4, -0.2) is 14.0 Å². The molecule has 0 aliphatic rings. The third-order valence-corrected chi connectivity index (χ3v) is 4.68. The summed E-state index contributed by atoms with van der Waals surface area (Å²) in [6.45, 7) is 5.43. The minimum absolute atomic E-state index is 0.234. The Labute approximate surface area is 126 Å². The summed E-state index contributed by atoms with van der Waals surface area (Å²) in [4.78, 5) is 0.234. The third-order valence-electron chi connectivity index (χ3n) is 2.87. The van der Waals surface area contributed by atoms with Crippen LogP contribution in [0.25, 0.3) is 11.1 Å². The highest BCUT2D eigenvalue weighted by Gasteiger charge is 2.25. The summed E-state index contributed by atoms with van der Waals surface area (Å²) in [6, 6.07) is 14.1. The number of hydrogen-bond donors (Lipinski definition) is 2. The van der Waals surface area contributed by atoms with E-state index in [9.17, 15) is 8.42 Å². The predicted molar refractivity (Wildman–Crippen MR) is 86.4 cm³/mol. The van der Waals surface area contributed by atoms with Crippen molar-refractivity contribution in [1.82, 2.24) is 4.72 Å². The first-order valence-electron chi connectivity index (χ1n) is 6.68. The monoisotopic (exact) mass is 304 g/mol. The van der Waals surface area contributed by atoms with E-state index in [-0.39, 0.29) is 4.90 Å². The zero-order valence-corrected chi connectivity index (χ0v) is 13.2. The van der Waals surface area contributed by atoms with E-state index in [1.807, 2.05) is 39.0 Å². The zero-order valence-electron chi connectivity index (χ0n) is 12.4. The average Bonchev–Trinajstić information content (AvgIpc) is 2.36. The Morgan fingerprint density at radius 2 is 1.43 bits per heavy atom. The molecule has 21 heavy (non-hydrogen) atoms. The smallest absolute Gasteiger partial charge is 0.241 e. The van der Waals surface area contributed by atoms with Crippen LogP contribution in [0, 0.1) is 0 Å². The fraction of sp³-hybridized carbons (Fsp3) is 0.250. The van der Waals surface area contributed by atoms with E-state index in [4.69, 9.17) is 5.73 Å². The summed E-state index contributed by atoms with van der Waals surface area (Å²) in [6.07, 6.45) is 0. The lowest BCUT2D eigenvalue weighted by atomic mass is 10.0. The number of nitrogens with one attached hydrogen (secondary N) is 1. The van der Waals surface area contributed by atoms with Crippen molar-refractivity contribution in [2.24, 2.45) is 0 Å².